The van der Waals surface area contributed by atoms with Crippen LogP contribution in [0, 0.1) is 6.92 Å². The van der Waals surface area contributed by atoms with Gasteiger partial charge in [0.15, 0.2) is 7.28 Å². The van der Waals surface area contributed by atoms with Crippen LogP contribution in [0.25, 0.3) is 0 Å². The van der Waals surface area contributed by atoms with Gasteiger partial charge in [-0.15, -0.1) is 0 Å². The third-order valence-corrected chi connectivity index (χ3v) is 3.49. The zero-order chi connectivity index (χ0) is 9.97. The van der Waals surface area contributed by atoms with Gasteiger partial charge in [0.25, 0.3) is 0 Å². The van der Waals surface area contributed by atoms with E-state index in [9.17, 15) is 0 Å². The van der Waals surface area contributed by atoms with E-state index in [0.717, 1.165) is 0 Å². The summed E-state index contributed by atoms with van der Waals surface area (Å²) in [7, 11) is 1.20. The van der Waals surface area contributed by atoms with Crippen molar-refractivity contribution in [1.82, 2.24) is 0 Å². The first-order valence-electron chi connectivity index (χ1n) is 5.93. The first-order valence-corrected chi connectivity index (χ1v) is 5.93. The van der Waals surface area contributed by atoms with Crippen molar-refractivity contribution in [1.29, 1.82) is 0 Å². The van der Waals surface area contributed by atoms with Gasteiger partial charge in [-0.3, -0.25) is 0 Å². The predicted molar refractivity (Wildman–Crippen MR) is 65.1 cm³/mol. The van der Waals surface area contributed by atoms with Gasteiger partial charge in [0.1, 0.15) is 0 Å². The van der Waals surface area contributed by atoms with Crippen LogP contribution in [-0.4, -0.2) is 7.28 Å². The van der Waals surface area contributed by atoms with Crippen LogP contribution in [-0.2, 0) is 12.8 Å². The minimum absolute atomic E-state index is 1.20. The van der Waals surface area contributed by atoms with Crippen molar-refractivity contribution in [3.8, 4) is 0 Å². The van der Waals surface area contributed by atoms with E-state index >= 15 is 0 Å². The Balaban J connectivity index is 2.48. The first kappa shape index (κ1) is 9.83. The SMILES string of the molecule is CBc1c(C)ccc2c1CCCCC2. The summed E-state index contributed by atoms with van der Waals surface area (Å²) in [6.45, 7) is 4.54. The Morgan fingerprint density at radius 1 is 1.07 bits per heavy atom. The topological polar surface area (TPSA) is 0 Å². The monoisotopic (exact) mass is 186 g/mol. The molecule has 0 spiro atoms. The molecule has 0 aliphatic heterocycles. The molecular weight excluding hydrogens is 167 g/mol. The lowest BCUT2D eigenvalue weighted by Gasteiger charge is -2.13. The second-order valence-corrected chi connectivity index (χ2v) is 4.41. The van der Waals surface area contributed by atoms with E-state index in [1.807, 2.05) is 0 Å². The summed E-state index contributed by atoms with van der Waals surface area (Å²) in [6, 6.07) is 4.66. The van der Waals surface area contributed by atoms with Gasteiger partial charge in [0.05, 0.1) is 0 Å². The van der Waals surface area contributed by atoms with E-state index in [1.165, 1.54) is 44.9 Å². The summed E-state index contributed by atoms with van der Waals surface area (Å²) in [6.07, 6.45) is 6.82. The molecule has 1 aromatic rings. The van der Waals surface area contributed by atoms with E-state index in [1.54, 1.807) is 16.6 Å². The van der Waals surface area contributed by atoms with Gasteiger partial charge in [-0.25, -0.2) is 0 Å². The third-order valence-electron chi connectivity index (χ3n) is 3.49. The highest BCUT2D eigenvalue weighted by Gasteiger charge is 2.12. The van der Waals surface area contributed by atoms with Gasteiger partial charge in [0.2, 0.25) is 0 Å². The molecular formula is C13H19B. The molecule has 74 valence electrons. The van der Waals surface area contributed by atoms with Crippen LogP contribution in [0.15, 0.2) is 12.1 Å². The van der Waals surface area contributed by atoms with Crippen molar-refractivity contribution in [3.63, 3.8) is 0 Å². The average Bonchev–Trinajstić information content (AvgIpc) is 2.42. The van der Waals surface area contributed by atoms with E-state index in [2.05, 4.69) is 25.9 Å². The molecule has 1 aliphatic carbocycles. The number of hydrogen-bond acceptors (Lipinski definition) is 0. The lowest BCUT2D eigenvalue weighted by molar-refractivity contribution is 0.712. The molecule has 0 nitrogen and oxygen atoms in total. The maximum absolute atomic E-state index is 2.36. The van der Waals surface area contributed by atoms with Crippen molar-refractivity contribution in [2.45, 2.75) is 45.9 Å². The fourth-order valence-corrected chi connectivity index (χ4v) is 2.69. The fourth-order valence-electron chi connectivity index (χ4n) is 2.69. The van der Waals surface area contributed by atoms with Crippen LogP contribution in [0.3, 0.4) is 0 Å². The van der Waals surface area contributed by atoms with Gasteiger partial charge in [-0.2, -0.15) is 0 Å². The number of aryl methyl sites for hydroxylation is 2. The Labute approximate surface area is 88.0 Å². The average molecular weight is 186 g/mol. The third kappa shape index (κ3) is 1.73. The van der Waals surface area contributed by atoms with Crippen LogP contribution in [0.4, 0.5) is 0 Å². The van der Waals surface area contributed by atoms with Crippen LogP contribution >= 0.6 is 0 Å². The second kappa shape index (κ2) is 4.21. The molecule has 0 saturated carbocycles. The van der Waals surface area contributed by atoms with E-state index in [0.29, 0.717) is 0 Å². The Bertz CT molecular complexity index is 328. The fraction of sp³-hybridized carbons (Fsp3) is 0.538. The molecule has 14 heavy (non-hydrogen) atoms. The lowest BCUT2D eigenvalue weighted by Crippen LogP contribution is -2.21. The Kier molecular flexibility index (Phi) is 2.95. The molecule has 0 unspecified atom stereocenters. The molecule has 0 amide bonds. The maximum Gasteiger partial charge on any atom is 0.155 e. The first-order chi connectivity index (χ1) is 6.83. The van der Waals surface area contributed by atoms with Crippen molar-refractivity contribution >= 4 is 12.7 Å². The molecule has 0 radical (unpaired) electrons. The number of benzene rings is 1. The Hall–Kier alpha value is -0.715. The molecule has 0 bridgehead atoms. The molecule has 2 rings (SSSR count). The standard InChI is InChI=1S/C13H19B/c1-10-8-9-11-6-4-3-5-7-12(11)13(10)14-2/h8-9,14H,3-7H2,1-2H3. The van der Waals surface area contributed by atoms with E-state index in [-0.39, 0.29) is 0 Å². The Morgan fingerprint density at radius 2 is 1.86 bits per heavy atom. The summed E-state index contributed by atoms with van der Waals surface area (Å²) in [5, 5.41) is 0. The van der Waals surface area contributed by atoms with E-state index in [4.69, 9.17) is 0 Å². The van der Waals surface area contributed by atoms with Crippen LogP contribution < -0.4 is 5.46 Å². The van der Waals surface area contributed by atoms with Gasteiger partial charge in [-0.05, 0) is 38.2 Å². The smallest absolute Gasteiger partial charge is 0.0849 e. The second-order valence-electron chi connectivity index (χ2n) is 4.41. The zero-order valence-electron chi connectivity index (χ0n) is 9.40. The molecule has 0 atom stereocenters. The Morgan fingerprint density at radius 3 is 2.64 bits per heavy atom. The van der Waals surface area contributed by atoms with Crippen LogP contribution in [0.5, 0.6) is 0 Å². The van der Waals surface area contributed by atoms with Crippen LogP contribution in [0.2, 0.25) is 6.82 Å². The van der Waals surface area contributed by atoms with Gasteiger partial charge in [0, 0.05) is 0 Å². The summed E-state index contributed by atoms with van der Waals surface area (Å²) in [5.41, 5.74) is 6.44. The molecule has 1 aromatic carbocycles. The summed E-state index contributed by atoms with van der Waals surface area (Å²) in [4.78, 5) is 0. The molecule has 1 heteroatoms. The van der Waals surface area contributed by atoms with Crippen LogP contribution in [0.1, 0.15) is 36.0 Å². The molecule has 0 aromatic heterocycles. The minimum Gasteiger partial charge on any atom is -0.0849 e. The summed E-state index contributed by atoms with van der Waals surface area (Å²) in [5.74, 6) is 0. The number of fused-ring (bicyclic) bond motifs is 1. The molecule has 0 heterocycles. The molecule has 1 aliphatic rings. The molecule has 0 fully saturated rings. The quantitative estimate of drug-likeness (QED) is 0.466. The maximum atomic E-state index is 2.36. The predicted octanol–water partition coefficient (Wildman–Crippen LogP) is 2.37. The molecule has 0 N–H and O–H groups in total. The highest BCUT2D eigenvalue weighted by molar-refractivity contribution is 6.53. The van der Waals surface area contributed by atoms with Crippen molar-refractivity contribution in [2.75, 3.05) is 0 Å². The number of hydrogen-bond donors (Lipinski definition) is 0. The van der Waals surface area contributed by atoms with Gasteiger partial charge >= 0.3 is 0 Å². The van der Waals surface area contributed by atoms with Crippen molar-refractivity contribution < 1.29 is 0 Å². The highest BCUT2D eigenvalue weighted by atomic mass is 14.1. The largest absolute Gasteiger partial charge is 0.155 e. The zero-order valence-corrected chi connectivity index (χ0v) is 9.40. The van der Waals surface area contributed by atoms with Crippen molar-refractivity contribution in [3.05, 3.63) is 28.8 Å². The number of rotatable bonds is 1. The lowest BCUT2D eigenvalue weighted by atomic mass is 9.67. The normalized spacial score (nSPS) is 15.9. The summed E-state index contributed by atoms with van der Waals surface area (Å²) < 4.78 is 0. The van der Waals surface area contributed by atoms with Gasteiger partial charge in [-0.1, -0.05) is 42.0 Å². The molecule has 0 saturated heterocycles. The minimum atomic E-state index is 1.20. The summed E-state index contributed by atoms with van der Waals surface area (Å²) >= 11 is 0. The van der Waals surface area contributed by atoms with Gasteiger partial charge < -0.3 is 0 Å². The highest BCUT2D eigenvalue weighted by Crippen LogP contribution is 2.19. The van der Waals surface area contributed by atoms with E-state index < -0.39 is 0 Å². The van der Waals surface area contributed by atoms with Crippen molar-refractivity contribution in [2.24, 2.45) is 0 Å².